The molecule has 20 heavy (non-hydrogen) atoms. The summed E-state index contributed by atoms with van der Waals surface area (Å²) in [5, 5.41) is 13.3. The number of halogens is 1. The Labute approximate surface area is 115 Å². The normalized spacial score (nSPS) is 21.1. The number of nitrogens with one attached hydrogen (secondary N) is 1. The van der Waals surface area contributed by atoms with E-state index in [0.29, 0.717) is 19.4 Å². The lowest BCUT2D eigenvalue weighted by molar-refractivity contribution is -0.384. The van der Waals surface area contributed by atoms with Gasteiger partial charge in [-0.1, -0.05) is 0 Å². The summed E-state index contributed by atoms with van der Waals surface area (Å²) >= 11 is 0. The first kappa shape index (κ1) is 14.4. The van der Waals surface area contributed by atoms with E-state index in [-0.39, 0.29) is 23.4 Å². The molecule has 0 aliphatic heterocycles. The first-order chi connectivity index (χ1) is 9.51. The molecular weight excluding hydrogens is 267 g/mol. The molecule has 0 saturated heterocycles. The second kappa shape index (κ2) is 5.96. The summed E-state index contributed by atoms with van der Waals surface area (Å²) in [7, 11) is 0. The van der Waals surface area contributed by atoms with Gasteiger partial charge in [0.05, 0.1) is 16.6 Å². The molecule has 0 spiro atoms. The minimum Gasteiger partial charge on any atom is -0.378 e. The smallest absolute Gasteiger partial charge is 0.270 e. The van der Waals surface area contributed by atoms with Crippen molar-refractivity contribution in [3.05, 3.63) is 39.7 Å². The average Bonchev–Trinajstić information content (AvgIpc) is 2.36. The number of hydrogen-bond donors (Lipinski definition) is 1. The number of amides is 1. The van der Waals surface area contributed by atoms with Gasteiger partial charge >= 0.3 is 0 Å². The highest BCUT2D eigenvalue weighted by molar-refractivity contribution is 5.95. The summed E-state index contributed by atoms with van der Waals surface area (Å²) in [6, 6.07) is 2.83. The lowest BCUT2D eigenvalue weighted by atomic mass is 9.89. The zero-order valence-corrected chi connectivity index (χ0v) is 11.0. The lowest BCUT2D eigenvalue weighted by Crippen LogP contribution is -2.48. The van der Waals surface area contributed by atoms with Gasteiger partial charge in [0.1, 0.15) is 5.82 Å². The Kier molecular flexibility index (Phi) is 4.29. The van der Waals surface area contributed by atoms with Crippen LogP contribution in [0.2, 0.25) is 0 Å². The predicted molar refractivity (Wildman–Crippen MR) is 69.0 cm³/mol. The number of nitro groups is 1. The maximum atomic E-state index is 13.5. The highest BCUT2D eigenvalue weighted by Crippen LogP contribution is 2.24. The van der Waals surface area contributed by atoms with Gasteiger partial charge in [0.15, 0.2) is 0 Å². The maximum absolute atomic E-state index is 13.5. The second-order valence-corrected chi connectivity index (χ2v) is 4.64. The van der Waals surface area contributed by atoms with Crippen molar-refractivity contribution in [1.82, 2.24) is 5.32 Å². The molecule has 0 bridgehead atoms. The van der Waals surface area contributed by atoms with Gasteiger partial charge in [-0.05, 0) is 25.8 Å². The summed E-state index contributed by atoms with van der Waals surface area (Å²) in [5.41, 5.74) is -0.614. The number of benzene rings is 1. The van der Waals surface area contributed by atoms with Crippen LogP contribution in [0.25, 0.3) is 0 Å². The van der Waals surface area contributed by atoms with Gasteiger partial charge in [-0.3, -0.25) is 14.9 Å². The summed E-state index contributed by atoms with van der Waals surface area (Å²) in [5.74, 6) is -1.40. The maximum Gasteiger partial charge on any atom is 0.270 e. The largest absolute Gasteiger partial charge is 0.378 e. The Balaban J connectivity index is 1.99. The fraction of sp³-hybridized carbons (Fsp3) is 0.462. The monoisotopic (exact) mass is 282 g/mol. The van der Waals surface area contributed by atoms with Gasteiger partial charge in [-0.25, -0.2) is 4.39 Å². The molecule has 108 valence electrons. The van der Waals surface area contributed by atoms with Crippen LogP contribution in [0.4, 0.5) is 10.1 Å². The molecule has 6 nitrogen and oxygen atoms in total. The van der Waals surface area contributed by atoms with E-state index in [4.69, 9.17) is 4.74 Å². The van der Waals surface area contributed by atoms with E-state index in [1.54, 1.807) is 0 Å². The van der Waals surface area contributed by atoms with E-state index in [1.165, 1.54) is 0 Å². The summed E-state index contributed by atoms with van der Waals surface area (Å²) < 4.78 is 18.9. The van der Waals surface area contributed by atoms with Crippen molar-refractivity contribution >= 4 is 11.6 Å². The Morgan fingerprint density at radius 2 is 2.25 bits per heavy atom. The number of rotatable bonds is 5. The number of nitrogens with zero attached hydrogens (tertiary/aromatic N) is 1. The van der Waals surface area contributed by atoms with Crippen LogP contribution in [0, 0.1) is 15.9 Å². The quantitative estimate of drug-likeness (QED) is 0.661. The average molecular weight is 282 g/mol. The van der Waals surface area contributed by atoms with E-state index in [2.05, 4.69) is 5.32 Å². The van der Waals surface area contributed by atoms with Crippen LogP contribution in [-0.4, -0.2) is 29.6 Å². The molecule has 1 fully saturated rings. The van der Waals surface area contributed by atoms with Crippen molar-refractivity contribution in [3.63, 3.8) is 0 Å². The fourth-order valence-electron chi connectivity index (χ4n) is 2.12. The Bertz CT molecular complexity index is 529. The van der Waals surface area contributed by atoms with Crippen molar-refractivity contribution in [2.75, 3.05) is 6.61 Å². The zero-order chi connectivity index (χ0) is 14.7. The third kappa shape index (κ3) is 3.11. The molecule has 1 aliphatic carbocycles. The molecule has 2 rings (SSSR count). The van der Waals surface area contributed by atoms with E-state index in [1.807, 2.05) is 6.92 Å². The Morgan fingerprint density at radius 1 is 1.55 bits per heavy atom. The molecule has 1 amide bonds. The van der Waals surface area contributed by atoms with E-state index < -0.39 is 16.6 Å². The van der Waals surface area contributed by atoms with Crippen molar-refractivity contribution in [3.8, 4) is 0 Å². The molecule has 0 aromatic heterocycles. The summed E-state index contributed by atoms with van der Waals surface area (Å²) in [6.45, 7) is 2.51. The van der Waals surface area contributed by atoms with E-state index >= 15 is 0 Å². The van der Waals surface area contributed by atoms with Crippen LogP contribution in [0.5, 0.6) is 0 Å². The number of carbonyl (C=O) groups is 1. The third-order valence-electron chi connectivity index (χ3n) is 3.24. The number of nitro benzene ring substituents is 1. The van der Waals surface area contributed by atoms with Gasteiger partial charge < -0.3 is 10.1 Å². The molecule has 1 saturated carbocycles. The van der Waals surface area contributed by atoms with Crippen LogP contribution in [0.1, 0.15) is 30.1 Å². The van der Waals surface area contributed by atoms with Crippen molar-refractivity contribution in [1.29, 1.82) is 0 Å². The lowest BCUT2D eigenvalue weighted by Gasteiger charge is -2.35. The molecule has 0 atom stereocenters. The predicted octanol–water partition coefficient (Wildman–Crippen LogP) is 2.03. The van der Waals surface area contributed by atoms with E-state index in [9.17, 15) is 19.3 Å². The number of carbonyl (C=O) groups excluding carboxylic acids is 1. The van der Waals surface area contributed by atoms with Gasteiger partial charge in [0, 0.05) is 24.8 Å². The van der Waals surface area contributed by atoms with E-state index in [0.717, 1.165) is 18.2 Å². The SMILES string of the molecule is CCOC1CC(NC(=O)c2cc([N+](=O)[O-])ccc2F)C1. The molecular formula is C13H15FN2O4. The molecule has 1 aliphatic rings. The first-order valence-electron chi connectivity index (χ1n) is 6.37. The van der Waals surface area contributed by atoms with Crippen LogP contribution in [0.3, 0.4) is 0 Å². The fourth-order valence-corrected chi connectivity index (χ4v) is 2.12. The van der Waals surface area contributed by atoms with Crippen LogP contribution < -0.4 is 5.32 Å². The van der Waals surface area contributed by atoms with Crippen LogP contribution >= 0.6 is 0 Å². The van der Waals surface area contributed by atoms with Gasteiger partial charge in [0.25, 0.3) is 11.6 Å². The summed E-state index contributed by atoms with van der Waals surface area (Å²) in [6.07, 6.45) is 1.48. The number of hydrogen-bond acceptors (Lipinski definition) is 4. The second-order valence-electron chi connectivity index (χ2n) is 4.64. The van der Waals surface area contributed by atoms with Crippen LogP contribution in [-0.2, 0) is 4.74 Å². The summed E-state index contributed by atoms with van der Waals surface area (Å²) in [4.78, 5) is 21.9. The molecule has 1 aromatic rings. The molecule has 7 heteroatoms. The minimum atomic E-state index is -0.770. The Morgan fingerprint density at radius 3 is 2.85 bits per heavy atom. The minimum absolute atomic E-state index is 0.0716. The molecule has 1 aromatic carbocycles. The zero-order valence-electron chi connectivity index (χ0n) is 11.0. The highest BCUT2D eigenvalue weighted by atomic mass is 19.1. The van der Waals surface area contributed by atoms with Crippen molar-refractivity contribution < 1.29 is 18.8 Å². The molecule has 0 radical (unpaired) electrons. The van der Waals surface area contributed by atoms with Gasteiger partial charge in [0.2, 0.25) is 0 Å². The highest BCUT2D eigenvalue weighted by Gasteiger charge is 2.31. The van der Waals surface area contributed by atoms with Crippen molar-refractivity contribution in [2.45, 2.75) is 31.9 Å². The standard InChI is InChI=1S/C13H15FN2O4/c1-2-20-10-5-8(6-10)15-13(17)11-7-9(16(18)19)3-4-12(11)14/h3-4,7-8,10H,2,5-6H2,1H3,(H,15,17). The molecule has 0 unspecified atom stereocenters. The van der Waals surface area contributed by atoms with Crippen LogP contribution in [0.15, 0.2) is 18.2 Å². The van der Waals surface area contributed by atoms with Gasteiger partial charge in [-0.15, -0.1) is 0 Å². The number of non-ortho nitro benzene ring substituents is 1. The first-order valence-corrected chi connectivity index (χ1v) is 6.37. The third-order valence-corrected chi connectivity index (χ3v) is 3.24. The van der Waals surface area contributed by atoms with Crippen molar-refractivity contribution in [2.24, 2.45) is 0 Å². The van der Waals surface area contributed by atoms with Gasteiger partial charge in [-0.2, -0.15) is 0 Å². The Hall–Kier alpha value is -2.02. The molecule has 0 heterocycles. The number of ether oxygens (including phenoxy) is 1. The topological polar surface area (TPSA) is 81.5 Å². The molecule has 1 N–H and O–H groups in total.